The van der Waals surface area contributed by atoms with E-state index in [2.05, 4.69) is 5.32 Å². The summed E-state index contributed by atoms with van der Waals surface area (Å²) in [4.78, 5) is 25.3. The molecule has 1 amide bonds. The first-order valence-electron chi connectivity index (χ1n) is 10.9. The third-order valence-corrected chi connectivity index (χ3v) is 7.49. The van der Waals surface area contributed by atoms with Gasteiger partial charge in [0.1, 0.15) is 10.6 Å². The number of benzene rings is 3. The van der Waals surface area contributed by atoms with Crippen molar-refractivity contribution >= 4 is 38.4 Å². The molecular weight excluding hydrogens is 456 g/mol. The van der Waals surface area contributed by atoms with E-state index in [-0.39, 0.29) is 29.3 Å². The minimum absolute atomic E-state index is 0.00339. The Labute approximate surface area is 199 Å². The highest BCUT2D eigenvalue weighted by molar-refractivity contribution is 7.89. The van der Waals surface area contributed by atoms with Gasteiger partial charge in [-0.2, -0.15) is 4.31 Å². The SMILES string of the molecule is CCN(CC)S(=O)(=O)c1cc(C(=O)OC(C)C(=O)Nc2cccc3ccccc23)ccc1OC. The molecule has 0 aliphatic carbocycles. The number of amides is 1. The Kier molecular flexibility index (Phi) is 7.90. The lowest BCUT2D eigenvalue weighted by atomic mass is 10.1. The van der Waals surface area contributed by atoms with Crippen molar-refractivity contribution in [1.82, 2.24) is 4.31 Å². The van der Waals surface area contributed by atoms with Gasteiger partial charge in [0, 0.05) is 24.2 Å². The molecule has 0 radical (unpaired) electrons. The molecule has 0 saturated carbocycles. The number of nitrogens with one attached hydrogen (secondary N) is 1. The number of carbonyl (C=O) groups excluding carboxylic acids is 2. The molecular formula is C25H28N2O6S. The zero-order chi connectivity index (χ0) is 24.9. The maximum atomic E-state index is 13.0. The summed E-state index contributed by atoms with van der Waals surface area (Å²) < 4.78 is 37.8. The van der Waals surface area contributed by atoms with Crippen molar-refractivity contribution in [1.29, 1.82) is 0 Å². The number of methoxy groups -OCH3 is 1. The fourth-order valence-electron chi connectivity index (χ4n) is 3.56. The van der Waals surface area contributed by atoms with Gasteiger partial charge in [-0.3, -0.25) is 4.79 Å². The van der Waals surface area contributed by atoms with Crippen molar-refractivity contribution in [2.45, 2.75) is 31.8 Å². The number of esters is 1. The molecule has 3 aromatic carbocycles. The molecule has 34 heavy (non-hydrogen) atoms. The van der Waals surface area contributed by atoms with E-state index in [1.165, 1.54) is 36.5 Å². The molecule has 8 nitrogen and oxygen atoms in total. The molecule has 0 bridgehead atoms. The van der Waals surface area contributed by atoms with Gasteiger partial charge in [-0.15, -0.1) is 0 Å². The summed E-state index contributed by atoms with van der Waals surface area (Å²) in [5, 5.41) is 4.61. The number of rotatable bonds is 9. The van der Waals surface area contributed by atoms with Crippen molar-refractivity contribution in [3.05, 3.63) is 66.2 Å². The highest BCUT2D eigenvalue weighted by atomic mass is 32.2. The van der Waals surface area contributed by atoms with Crippen LogP contribution in [0.25, 0.3) is 10.8 Å². The lowest BCUT2D eigenvalue weighted by molar-refractivity contribution is -0.123. The smallest absolute Gasteiger partial charge is 0.338 e. The molecule has 0 aromatic heterocycles. The summed E-state index contributed by atoms with van der Waals surface area (Å²) in [5.74, 6) is -1.21. The number of hydrogen-bond acceptors (Lipinski definition) is 6. The summed E-state index contributed by atoms with van der Waals surface area (Å²) in [5.41, 5.74) is 0.597. The molecule has 3 aromatic rings. The first-order valence-corrected chi connectivity index (χ1v) is 12.3. The van der Waals surface area contributed by atoms with Crippen LogP contribution < -0.4 is 10.1 Å². The Morgan fingerprint density at radius 1 is 1.00 bits per heavy atom. The van der Waals surface area contributed by atoms with Crippen LogP contribution in [0.2, 0.25) is 0 Å². The topological polar surface area (TPSA) is 102 Å². The second kappa shape index (κ2) is 10.7. The highest BCUT2D eigenvalue weighted by Crippen LogP contribution is 2.28. The van der Waals surface area contributed by atoms with Crippen LogP contribution in [0.3, 0.4) is 0 Å². The molecule has 9 heteroatoms. The van der Waals surface area contributed by atoms with E-state index in [0.717, 1.165) is 10.8 Å². The van der Waals surface area contributed by atoms with Gasteiger partial charge >= 0.3 is 5.97 Å². The molecule has 0 spiro atoms. The summed E-state index contributed by atoms with van der Waals surface area (Å²) in [7, 11) is -2.53. The third kappa shape index (κ3) is 5.21. The molecule has 1 unspecified atom stereocenters. The highest BCUT2D eigenvalue weighted by Gasteiger charge is 2.28. The average Bonchev–Trinajstić information content (AvgIpc) is 2.84. The largest absolute Gasteiger partial charge is 0.495 e. The Morgan fingerprint density at radius 2 is 1.68 bits per heavy atom. The first-order chi connectivity index (χ1) is 16.2. The zero-order valence-corrected chi connectivity index (χ0v) is 20.4. The normalized spacial score (nSPS) is 12.4. The van der Waals surface area contributed by atoms with E-state index in [1.807, 2.05) is 36.4 Å². The lowest BCUT2D eigenvalue weighted by Gasteiger charge is -2.20. The fourth-order valence-corrected chi connectivity index (χ4v) is 5.20. The maximum absolute atomic E-state index is 13.0. The minimum Gasteiger partial charge on any atom is -0.495 e. The summed E-state index contributed by atoms with van der Waals surface area (Å²) in [6.45, 7) is 5.43. The van der Waals surface area contributed by atoms with Gasteiger partial charge < -0.3 is 14.8 Å². The minimum atomic E-state index is -3.88. The molecule has 180 valence electrons. The first kappa shape index (κ1) is 25.2. The molecule has 0 aliphatic heterocycles. The van der Waals surface area contributed by atoms with Gasteiger partial charge in [0.2, 0.25) is 10.0 Å². The van der Waals surface area contributed by atoms with Crippen LogP contribution >= 0.6 is 0 Å². The number of carbonyl (C=O) groups is 2. The van der Waals surface area contributed by atoms with Gasteiger partial charge in [0.05, 0.1) is 12.7 Å². The Morgan fingerprint density at radius 3 is 2.35 bits per heavy atom. The van der Waals surface area contributed by atoms with E-state index in [1.54, 1.807) is 19.9 Å². The van der Waals surface area contributed by atoms with E-state index in [0.29, 0.717) is 5.69 Å². The van der Waals surface area contributed by atoms with Crippen LogP contribution in [-0.4, -0.2) is 50.9 Å². The number of ether oxygens (including phenoxy) is 2. The standard InChI is InChI=1S/C25H28N2O6S/c1-5-27(6-2)34(30,31)23-16-19(14-15-22(23)32-4)25(29)33-17(3)24(28)26-21-13-9-11-18-10-7-8-12-20(18)21/h7-17H,5-6H2,1-4H3,(H,26,28). The van der Waals surface area contributed by atoms with Crippen LogP contribution in [0.4, 0.5) is 5.69 Å². The maximum Gasteiger partial charge on any atom is 0.338 e. The average molecular weight is 485 g/mol. The van der Waals surface area contributed by atoms with Gasteiger partial charge in [0.25, 0.3) is 5.91 Å². The summed E-state index contributed by atoms with van der Waals surface area (Å²) in [6.07, 6.45) is -1.11. The van der Waals surface area contributed by atoms with Crippen LogP contribution in [0.1, 0.15) is 31.1 Å². The Bertz CT molecular complexity index is 1300. The Balaban J connectivity index is 1.80. The van der Waals surface area contributed by atoms with Crippen LogP contribution in [-0.2, 0) is 19.6 Å². The fraction of sp³-hybridized carbons (Fsp3) is 0.280. The van der Waals surface area contributed by atoms with Gasteiger partial charge in [-0.05, 0) is 36.6 Å². The number of nitrogens with zero attached hydrogens (tertiary/aromatic N) is 1. The van der Waals surface area contributed by atoms with Crippen LogP contribution in [0, 0.1) is 0 Å². The summed E-state index contributed by atoms with van der Waals surface area (Å²) in [6, 6.07) is 17.1. The van der Waals surface area contributed by atoms with E-state index >= 15 is 0 Å². The number of sulfonamides is 1. The third-order valence-electron chi connectivity index (χ3n) is 5.42. The van der Waals surface area contributed by atoms with Crippen molar-refractivity contribution in [2.24, 2.45) is 0 Å². The second-order valence-corrected chi connectivity index (χ2v) is 9.42. The quantitative estimate of drug-likeness (QED) is 0.460. The van der Waals surface area contributed by atoms with Crippen LogP contribution in [0.5, 0.6) is 5.75 Å². The van der Waals surface area contributed by atoms with Crippen molar-refractivity contribution in [3.8, 4) is 5.75 Å². The second-order valence-electron chi connectivity index (χ2n) is 7.52. The van der Waals surface area contributed by atoms with Gasteiger partial charge in [-0.25, -0.2) is 13.2 Å². The number of hydrogen-bond donors (Lipinski definition) is 1. The predicted octanol–water partition coefficient (Wildman–Crippen LogP) is 4.06. The number of fused-ring (bicyclic) bond motifs is 1. The molecule has 1 N–H and O–H groups in total. The molecule has 0 heterocycles. The van der Waals surface area contributed by atoms with E-state index < -0.39 is 28.0 Å². The zero-order valence-electron chi connectivity index (χ0n) is 19.6. The van der Waals surface area contributed by atoms with E-state index in [4.69, 9.17) is 9.47 Å². The van der Waals surface area contributed by atoms with Crippen molar-refractivity contribution in [2.75, 3.05) is 25.5 Å². The molecule has 1 atom stereocenters. The molecule has 3 rings (SSSR count). The number of anilines is 1. The van der Waals surface area contributed by atoms with Crippen LogP contribution in [0.15, 0.2) is 65.6 Å². The van der Waals surface area contributed by atoms with Gasteiger partial charge in [-0.1, -0.05) is 50.2 Å². The monoisotopic (exact) mass is 484 g/mol. The van der Waals surface area contributed by atoms with Gasteiger partial charge in [0.15, 0.2) is 6.10 Å². The predicted molar refractivity (Wildman–Crippen MR) is 131 cm³/mol. The van der Waals surface area contributed by atoms with Crippen molar-refractivity contribution in [3.63, 3.8) is 0 Å². The molecule has 0 aliphatic rings. The van der Waals surface area contributed by atoms with Crippen molar-refractivity contribution < 1.29 is 27.5 Å². The Hall–Kier alpha value is -3.43. The van der Waals surface area contributed by atoms with E-state index in [9.17, 15) is 18.0 Å². The summed E-state index contributed by atoms with van der Waals surface area (Å²) >= 11 is 0. The molecule has 0 fully saturated rings. The lowest BCUT2D eigenvalue weighted by Crippen LogP contribution is -2.31. The molecule has 0 saturated heterocycles.